The van der Waals surface area contributed by atoms with Crippen molar-refractivity contribution in [3.8, 4) is 5.75 Å². The number of thiophene rings is 1. The topological polar surface area (TPSA) is 37.3 Å². The minimum absolute atomic E-state index is 0.117. The Morgan fingerprint density at radius 1 is 1.54 bits per heavy atom. The summed E-state index contributed by atoms with van der Waals surface area (Å²) in [6, 6.07) is 3.15. The molecule has 0 aliphatic carbocycles. The second-order valence-electron chi connectivity index (χ2n) is 2.57. The van der Waals surface area contributed by atoms with Crippen LogP contribution in [-0.4, -0.2) is 11.4 Å². The first-order chi connectivity index (χ1) is 6.24. The second kappa shape index (κ2) is 3.01. The molecular weight excluding hydrogens is 208 g/mol. The van der Waals surface area contributed by atoms with Gasteiger partial charge in [0.15, 0.2) is 6.29 Å². The van der Waals surface area contributed by atoms with Gasteiger partial charge in [0.2, 0.25) is 0 Å². The molecular formula is C9H5ClO2S. The molecule has 1 aromatic heterocycles. The molecule has 0 amide bonds. The van der Waals surface area contributed by atoms with Gasteiger partial charge in [-0.25, -0.2) is 0 Å². The predicted octanol–water partition coefficient (Wildman–Crippen LogP) is 3.07. The maximum Gasteiger partial charge on any atom is 0.153 e. The molecule has 0 radical (unpaired) electrons. The van der Waals surface area contributed by atoms with Gasteiger partial charge in [-0.3, -0.25) is 4.79 Å². The number of phenolic OH excluding ortho intramolecular Hbond substituents is 1. The van der Waals surface area contributed by atoms with Crippen molar-refractivity contribution in [3.05, 3.63) is 28.1 Å². The maximum absolute atomic E-state index is 10.7. The van der Waals surface area contributed by atoms with Crippen molar-refractivity contribution in [2.75, 3.05) is 0 Å². The summed E-state index contributed by atoms with van der Waals surface area (Å²) in [5.74, 6) is 0.117. The number of carbonyl (C=O) groups excluding carboxylic acids is 1. The molecule has 0 aliphatic heterocycles. The number of halogens is 1. The molecule has 0 bridgehead atoms. The Hall–Kier alpha value is -1.06. The van der Waals surface area contributed by atoms with Crippen molar-refractivity contribution in [2.24, 2.45) is 0 Å². The van der Waals surface area contributed by atoms with Crippen molar-refractivity contribution < 1.29 is 9.90 Å². The lowest BCUT2D eigenvalue weighted by Gasteiger charge is -2.00. The van der Waals surface area contributed by atoms with Crippen molar-refractivity contribution in [1.29, 1.82) is 0 Å². The number of aromatic hydroxyl groups is 1. The average molecular weight is 213 g/mol. The molecule has 1 aromatic carbocycles. The maximum atomic E-state index is 10.7. The van der Waals surface area contributed by atoms with Crippen LogP contribution >= 0.6 is 22.9 Å². The Labute approximate surface area is 83.4 Å². The summed E-state index contributed by atoms with van der Waals surface area (Å²) in [7, 11) is 0. The van der Waals surface area contributed by atoms with E-state index in [4.69, 9.17) is 11.6 Å². The number of aldehydes is 1. The van der Waals surface area contributed by atoms with Gasteiger partial charge in [0.05, 0.1) is 10.6 Å². The molecule has 0 atom stereocenters. The van der Waals surface area contributed by atoms with E-state index in [-0.39, 0.29) is 5.75 Å². The molecule has 0 spiro atoms. The van der Waals surface area contributed by atoms with Crippen LogP contribution in [0.25, 0.3) is 10.1 Å². The van der Waals surface area contributed by atoms with Gasteiger partial charge in [-0.1, -0.05) is 11.6 Å². The molecule has 0 fully saturated rings. The first kappa shape index (κ1) is 8.53. The van der Waals surface area contributed by atoms with Gasteiger partial charge in [0.25, 0.3) is 0 Å². The van der Waals surface area contributed by atoms with Gasteiger partial charge in [0.1, 0.15) is 5.75 Å². The third kappa shape index (κ3) is 1.20. The monoisotopic (exact) mass is 212 g/mol. The van der Waals surface area contributed by atoms with Gasteiger partial charge in [-0.05, 0) is 17.5 Å². The number of benzene rings is 1. The van der Waals surface area contributed by atoms with Gasteiger partial charge < -0.3 is 5.11 Å². The van der Waals surface area contributed by atoms with Crippen LogP contribution in [-0.2, 0) is 0 Å². The summed E-state index contributed by atoms with van der Waals surface area (Å²) in [5, 5.41) is 12.3. The van der Waals surface area contributed by atoms with E-state index in [1.807, 2.05) is 5.38 Å². The van der Waals surface area contributed by atoms with E-state index >= 15 is 0 Å². The van der Waals surface area contributed by atoms with E-state index in [1.54, 1.807) is 6.07 Å². The van der Waals surface area contributed by atoms with Crippen LogP contribution in [0.4, 0.5) is 0 Å². The molecule has 0 saturated heterocycles. The van der Waals surface area contributed by atoms with Crippen molar-refractivity contribution >= 4 is 39.3 Å². The minimum atomic E-state index is 0.117. The molecule has 1 heterocycles. The number of carbonyl (C=O) groups is 1. The fraction of sp³-hybridized carbons (Fsp3) is 0. The summed E-state index contributed by atoms with van der Waals surface area (Å²) >= 11 is 7.17. The highest BCUT2D eigenvalue weighted by Gasteiger charge is 2.10. The number of phenols is 1. The third-order valence-electron chi connectivity index (χ3n) is 1.82. The van der Waals surface area contributed by atoms with Crippen LogP contribution < -0.4 is 0 Å². The Morgan fingerprint density at radius 2 is 2.31 bits per heavy atom. The summed E-state index contributed by atoms with van der Waals surface area (Å²) in [6.07, 6.45) is 0.709. The second-order valence-corrected chi connectivity index (χ2v) is 3.90. The molecule has 0 saturated carbocycles. The molecule has 0 aliphatic rings. The van der Waals surface area contributed by atoms with Crippen molar-refractivity contribution in [2.45, 2.75) is 0 Å². The number of hydrogen-bond acceptors (Lipinski definition) is 3. The molecule has 1 N–H and O–H groups in total. The summed E-state index contributed by atoms with van der Waals surface area (Å²) in [6.45, 7) is 0. The van der Waals surface area contributed by atoms with E-state index < -0.39 is 0 Å². The Bertz CT molecular complexity index is 476. The van der Waals surface area contributed by atoms with Crippen LogP contribution in [0.1, 0.15) is 10.4 Å². The molecule has 2 nitrogen and oxygen atoms in total. The van der Waals surface area contributed by atoms with Crippen LogP contribution in [0.2, 0.25) is 5.02 Å². The average Bonchev–Trinajstić information content (AvgIpc) is 2.53. The fourth-order valence-corrected chi connectivity index (χ4v) is 2.44. The van der Waals surface area contributed by atoms with E-state index in [1.165, 1.54) is 17.4 Å². The first-order valence-corrected chi connectivity index (χ1v) is 4.83. The molecule has 4 heteroatoms. The van der Waals surface area contributed by atoms with Gasteiger partial charge in [-0.15, -0.1) is 11.3 Å². The van der Waals surface area contributed by atoms with E-state index in [9.17, 15) is 9.90 Å². The van der Waals surface area contributed by atoms with Crippen molar-refractivity contribution in [3.63, 3.8) is 0 Å². The van der Waals surface area contributed by atoms with E-state index in [2.05, 4.69) is 0 Å². The number of fused-ring (bicyclic) bond motifs is 1. The normalized spacial score (nSPS) is 10.5. The van der Waals surface area contributed by atoms with Crippen LogP contribution in [0.15, 0.2) is 17.5 Å². The number of rotatable bonds is 1. The highest BCUT2D eigenvalue weighted by molar-refractivity contribution is 7.17. The van der Waals surface area contributed by atoms with Crippen LogP contribution in [0.5, 0.6) is 5.75 Å². The largest absolute Gasteiger partial charge is 0.507 e. The zero-order valence-corrected chi connectivity index (χ0v) is 8.02. The molecule has 0 unspecified atom stereocenters. The van der Waals surface area contributed by atoms with E-state index in [0.29, 0.717) is 22.3 Å². The SMILES string of the molecule is O=Cc1c(Cl)cc(O)c2ccsc12. The lowest BCUT2D eigenvalue weighted by molar-refractivity contribution is 0.112. The Morgan fingerprint density at radius 3 is 3.00 bits per heavy atom. The molecule has 13 heavy (non-hydrogen) atoms. The third-order valence-corrected chi connectivity index (χ3v) is 3.08. The number of hydrogen-bond donors (Lipinski definition) is 1. The fourth-order valence-electron chi connectivity index (χ4n) is 1.21. The Balaban J connectivity index is 2.96. The summed E-state index contributed by atoms with van der Waals surface area (Å²) in [4.78, 5) is 10.7. The van der Waals surface area contributed by atoms with Crippen molar-refractivity contribution in [1.82, 2.24) is 0 Å². The zero-order chi connectivity index (χ0) is 9.42. The lowest BCUT2D eigenvalue weighted by Crippen LogP contribution is -1.82. The van der Waals surface area contributed by atoms with Gasteiger partial charge in [-0.2, -0.15) is 0 Å². The highest BCUT2D eigenvalue weighted by atomic mass is 35.5. The van der Waals surface area contributed by atoms with E-state index in [0.717, 1.165) is 4.70 Å². The molecule has 2 aromatic rings. The minimum Gasteiger partial charge on any atom is -0.507 e. The standard InChI is InChI=1S/C9H5ClO2S/c10-7-3-8(12)5-1-2-13-9(5)6(7)4-11/h1-4,12H. The summed E-state index contributed by atoms with van der Waals surface area (Å²) in [5.41, 5.74) is 0.449. The zero-order valence-electron chi connectivity index (χ0n) is 6.45. The predicted molar refractivity (Wildman–Crippen MR) is 53.9 cm³/mol. The lowest BCUT2D eigenvalue weighted by atomic mass is 10.1. The molecule has 66 valence electrons. The van der Waals surface area contributed by atoms with Gasteiger partial charge >= 0.3 is 0 Å². The Kier molecular flexibility index (Phi) is 1.98. The molecule has 2 rings (SSSR count). The first-order valence-electron chi connectivity index (χ1n) is 3.58. The van der Waals surface area contributed by atoms with Crippen LogP contribution in [0.3, 0.4) is 0 Å². The smallest absolute Gasteiger partial charge is 0.153 e. The summed E-state index contributed by atoms with van der Waals surface area (Å²) < 4.78 is 0.736. The van der Waals surface area contributed by atoms with Gasteiger partial charge in [0, 0.05) is 10.1 Å². The quantitative estimate of drug-likeness (QED) is 0.738. The van der Waals surface area contributed by atoms with Crippen LogP contribution in [0, 0.1) is 0 Å². The highest BCUT2D eigenvalue weighted by Crippen LogP contribution is 2.35.